The number of aromatic nitrogens is 1. The third kappa shape index (κ3) is 7.70. The highest BCUT2D eigenvalue weighted by molar-refractivity contribution is 7.88. The van der Waals surface area contributed by atoms with Gasteiger partial charge in [0.2, 0.25) is 15.9 Å². The number of benzene rings is 2. The third-order valence-corrected chi connectivity index (χ3v) is 8.82. The Hall–Kier alpha value is -4.08. The molecule has 3 N–H and O–H groups in total. The van der Waals surface area contributed by atoms with Gasteiger partial charge in [-0.3, -0.25) is 14.7 Å². The molecule has 3 atom stereocenters. The number of halogens is 4. The molecule has 0 saturated carbocycles. The van der Waals surface area contributed by atoms with Gasteiger partial charge in [-0.05, 0) is 48.2 Å². The highest BCUT2D eigenvalue weighted by atomic mass is 32.2. The largest absolute Gasteiger partial charge is 0.465 e. The lowest BCUT2D eigenvalue weighted by Gasteiger charge is -2.34. The molecule has 1 fully saturated rings. The second-order valence-electron chi connectivity index (χ2n) is 10.5. The maximum atomic E-state index is 15.1. The summed E-state index contributed by atoms with van der Waals surface area (Å²) >= 11 is 0. The normalized spacial score (nSPS) is 17.1. The van der Waals surface area contributed by atoms with Gasteiger partial charge in [0.25, 0.3) is 0 Å². The van der Waals surface area contributed by atoms with Crippen molar-refractivity contribution in [3.63, 3.8) is 0 Å². The molecule has 236 valence electrons. The highest BCUT2D eigenvalue weighted by Gasteiger charge is 2.38. The molecule has 0 aliphatic carbocycles. The standard InChI is InChI=1S/C29H31F4N5O5S/c1-37(29(40)41)27(26(17-3-5-19(30)6-4-17)18-11-20(31)13-21(32)12-18)28(39)36-25-16-35-15-24(33)23(25)8-7-22-14-34-9-10-38(22)44(2,42)43/h3-6,11-13,15-16,22,26-27,34H,7-10,14H2,1-2H3,(H,36,39)(H,40,41)/t22-,26+,27+/m1/s1. The first-order chi connectivity index (χ1) is 20.8. The van der Waals surface area contributed by atoms with Crippen LogP contribution in [0, 0.1) is 23.3 Å². The Kier molecular flexibility index (Phi) is 10.2. The summed E-state index contributed by atoms with van der Waals surface area (Å²) in [5, 5.41) is 15.5. The first-order valence-corrected chi connectivity index (χ1v) is 15.4. The van der Waals surface area contributed by atoms with E-state index in [-0.39, 0.29) is 41.8 Å². The fraction of sp³-hybridized carbons (Fsp3) is 0.345. The zero-order valence-corrected chi connectivity index (χ0v) is 24.6. The molecule has 4 rings (SSSR count). The number of anilines is 1. The Labute approximate surface area is 251 Å². The Morgan fingerprint density at radius 1 is 1.07 bits per heavy atom. The minimum atomic E-state index is -3.54. The summed E-state index contributed by atoms with van der Waals surface area (Å²) < 4.78 is 83.5. The van der Waals surface area contributed by atoms with E-state index in [9.17, 15) is 36.3 Å². The fourth-order valence-corrected chi connectivity index (χ4v) is 6.56. The molecule has 3 aromatic rings. The predicted molar refractivity (Wildman–Crippen MR) is 154 cm³/mol. The summed E-state index contributed by atoms with van der Waals surface area (Å²) in [6.45, 7) is 1.02. The molecule has 1 aliphatic heterocycles. The van der Waals surface area contributed by atoms with Crippen molar-refractivity contribution in [2.45, 2.75) is 30.8 Å². The van der Waals surface area contributed by atoms with Crippen molar-refractivity contribution >= 4 is 27.7 Å². The van der Waals surface area contributed by atoms with Gasteiger partial charge in [-0.1, -0.05) is 12.1 Å². The lowest BCUT2D eigenvalue weighted by atomic mass is 9.83. The molecule has 1 saturated heterocycles. The lowest BCUT2D eigenvalue weighted by Crippen LogP contribution is -2.53. The number of amides is 2. The quantitative estimate of drug-likeness (QED) is 0.290. The van der Waals surface area contributed by atoms with Gasteiger partial charge in [-0.15, -0.1) is 0 Å². The molecular formula is C29H31F4N5O5S. The number of rotatable bonds is 10. The number of hydrogen-bond acceptors (Lipinski definition) is 6. The highest BCUT2D eigenvalue weighted by Crippen LogP contribution is 2.33. The molecule has 1 aromatic heterocycles. The van der Waals surface area contributed by atoms with Crippen LogP contribution in [0.2, 0.25) is 0 Å². The topological polar surface area (TPSA) is 132 Å². The first kappa shape index (κ1) is 32.8. The van der Waals surface area contributed by atoms with Crippen molar-refractivity contribution in [3.05, 3.63) is 94.8 Å². The minimum Gasteiger partial charge on any atom is -0.465 e. The number of hydrogen-bond donors (Lipinski definition) is 3. The zero-order chi connectivity index (χ0) is 32.2. The molecule has 0 radical (unpaired) electrons. The number of carbonyl (C=O) groups excluding carboxylic acids is 1. The van der Waals surface area contributed by atoms with Crippen molar-refractivity contribution in [1.29, 1.82) is 0 Å². The molecule has 2 amide bonds. The third-order valence-electron chi connectivity index (χ3n) is 7.49. The van der Waals surface area contributed by atoms with Gasteiger partial charge in [0.1, 0.15) is 29.3 Å². The smallest absolute Gasteiger partial charge is 0.407 e. The van der Waals surface area contributed by atoms with E-state index >= 15 is 4.39 Å². The Bertz CT molecular complexity index is 1610. The first-order valence-electron chi connectivity index (χ1n) is 13.5. The summed E-state index contributed by atoms with van der Waals surface area (Å²) in [6.07, 6.45) is 1.79. The van der Waals surface area contributed by atoms with E-state index in [2.05, 4.69) is 15.6 Å². The number of carboxylic acid groups (broad SMARTS) is 1. The molecule has 44 heavy (non-hydrogen) atoms. The van der Waals surface area contributed by atoms with Gasteiger partial charge in [0.15, 0.2) is 0 Å². The summed E-state index contributed by atoms with van der Waals surface area (Å²) in [4.78, 5) is 30.5. The van der Waals surface area contributed by atoms with E-state index in [1.165, 1.54) is 16.4 Å². The molecule has 0 spiro atoms. The van der Waals surface area contributed by atoms with E-state index in [1.54, 1.807) is 0 Å². The van der Waals surface area contributed by atoms with Crippen LogP contribution in [0.5, 0.6) is 0 Å². The number of pyridine rings is 1. The van der Waals surface area contributed by atoms with E-state index in [0.29, 0.717) is 24.1 Å². The molecule has 1 aliphatic rings. The van der Waals surface area contributed by atoms with Crippen LogP contribution in [0.25, 0.3) is 0 Å². The van der Waals surface area contributed by atoms with E-state index in [0.717, 1.165) is 50.0 Å². The molecule has 0 unspecified atom stereocenters. The Balaban J connectivity index is 1.72. The van der Waals surface area contributed by atoms with E-state index in [4.69, 9.17) is 0 Å². The van der Waals surface area contributed by atoms with Crippen LogP contribution in [0.15, 0.2) is 54.9 Å². The number of sulfonamides is 1. The maximum absolute atomic E-state index is 15.1. The van der Waals surface area contributed by atoms with Crippen LogP contribution >= 0.6 is 0 Å². The lowest BCUT2D eigenvalue weighted by molar-refractivity contribution is -0.120. The van der Waals surface area contributed by atoms with Gasteiger partial charge < -0.3 is 15.7 Å². The van der Waals surface area contributed by atoms with Crippen LogP contribution in [-0.4, -0.2) is 84.7 Å². The van der Waals surface area contributed by atoms with Gasteiger partial charge in [-0.25, -0.2) is 30.8 Å². The van der Waals surface area contributed by atoms with E-state index < -0.39 is 63.3 Å². The average Bonchev–Trinajstić information content (AvgIpc) is 2.95. The fourth-order valence-electron chi connectivity index (χ4n) is 5.42. The summed E-state index contributed by atoms with van der Waals surface area (Å²) in [5.74, 6) is -5.71. The number of nitrogens with one attached hydrogen (secondary N) is 2. The van der Waals surface area contributed by atoms with Crippen molar-refractivity contribution in [2.75, 3.05) is 38.3 Å². The van der Waals surface area contributed by atoms with Crippen LogP contribution in [-0.2, 0) is 21.2 Å². The summed E-state index contributed by atoms with van der Waals surface area (Å²) in [7, 11) is -2.46. The van der Waals surface area contributed by atoms with E-state index in [1.807, 2.05) is 0 Å². The van der Waals surface area contributed by atoms with Crippen LogP contribution in [0.4, 0.5) is 28.0 Å². The van der Waals surface area contributed by atoms with Crippen molar-refractivity contribution < 1.29 is 40.7 Å². The summed E-state index contributed by atoms with van der Waals surface area (Å²) in [6, 6.07) is 4.95. The maximum Gasteiger partial charge on any atom is 0.407 e. The van der Waals surface area contributed by atoms with Crippen LogP contribution < -0.4 is 10.6 Å². The molecule has 0 bridgehead atoms. The Morgan fingerprint density at radius 3 is 2.34 bits per heavy atom. The monoisotopic (exact) mass is 637 g/mol. The SMILES string of the molecule is CN(C(=O)O)[C@H](C(=O)Nc1cncc(F)c1CC[C@@H]1CNCCN1S(C)(=O)=O)[C@@H](c1ccc(F)cc1)c1cc(F)cc(F)c1. The van der Waals surface area contributed by atoms with Crippen molar-refractivity contribution in [1.82, 2.24) is 19.5 Å². The van der Waals surface area contributed by atoms with Gasteiger partial charge in [0, 0.05) is 50.3 Å². The van der Waals surface area contributed by atoms with Crippen LogP contribution in [0.3, 0.4) is 0 Å². The second-order valence-corrected chi connectivity index (χ2v) is 12.4. The molecule has 15 heteroatoms. The molecule has 10 nitrogen and oxygen atoms in total. The minimum absolute atomic E-state index is 0.000709. The van der Waals surface area contributed by atoms with Gasteiger partial charge in [-0.2, -0.15) is 4.31 Å². The summed E-state index contributed by atoms with van der Waals surface area (Å²) in [5.41, 5.74) is -0.0329. The van der Waals surface area contributed by atoms with Crippen molar-refractivity contribution in [3.8, 4) is 0 Å². The Morgan fingerprint density at radius 2 is 1.73 bits per heavy atom. The van der Waals surface area contributed by atoms with Gasteiger partial charge in [0.05, 0.1) is 24.3 Å². The number of piperazine rings is 1. The predicted octanol–water partition coefficient (Wildman–Crippen LogP) is 3.55. The van der Waals surface area contributed by atoms with Crippen molar-refractivity contribution in [2.24, 2.45) is 0 Å². The second kappa shape index (κ2) is 13.7. The molecular weight excluding hydrogens is 606 g/mol. The number of carbonyl (C=O) groups is 2. The number of nitrogens with zero attached hydrogens (tertiary/aromatic N) is 3. The zero-order valence-electron chi connectivity index (χ0n) is 23.8. The molecule has 2 aromatic carbocycles. The van der Waals surface area contributed by atoms with Crippen LogP contribution in [0.1, 0.15) is 29.0 Å². The number of likely N-dealkylation sites (N-methyl/N-ethyl adjacent to an activating group) is 1. The average molecular weight is 638 g/mol. The van der Waals surface area contributed by atoms with Gasteiger partial charge >= 0.3 is 6.09 Å². The molecule has 2 heterocycles.